The molecule has 2 aromatic heterocycles. The summed E-state index contributed by atoms with van der Waals surface area (Å²) < 4.78 is 0. The number of nitrogens with zero attached hydrogens (tertiary/aromatic N) is 3. The van der Waals surface area contributed by atoms with E-state index < -0.39 is 0 Å². The average Bonchev–Trinajstić information content (AvgIpc) is 2.76. The lowest BCUT2D eigenvalue weighted by Gasteiger charge is -2.11. The molecule has 4 aromatic rings. The van der Waals surface area contributed by atoms with Crippen molar-refractivity contribution in [3.05, 3.63) is 72.6 Å². The molecule has 2 heterocycles. The van der Waals surface area contributed by atoms with E-state index in [0.29, 0.717) is 34.1 Å². The Morgan fingerprint density at radius 2 is 1.70 bits per heavy atom. The molecule has 0 radical (unpaired) electrons. The molecule has 0 aliphatic rings. The molecule has 150 valence electrons. The van der Waals surface area contributed by atoms with Gasteiger partial charge in [0, 0.05) is 16.3 Å². The zero-order valence-electron chi connectivity index (χ0n) is 16.5. The van der Waals surface area contributed by atoms with Gasteiger partial charge < -0.3 is 16.0 Å². The number of carbonyl (C=O) groups is 1. The van der Waals surface area contributed by atoms with Crippen molar-refractivity contribution >= 4 is 51.8 Å². The second kappa shape index (κ2) is 8.79. The normalized spacial score (nSPS) is 10.6. The van der Waals surface area contributed by atoms with Crippen LogP contribution in [0.25, 0.3) is 11.2 Å². The van der Waals surface area contributed by atoms with E-state index in [1.54, 1.807) is 24.0 Å². The van der Waals surface area contributed by atoms with Gasteiger partial charge >= 0.3 is 6.03 Å². The van der Waals surface area contributed by atoms with E-state index in [-0.39, 0.29) is 6.03 Å². The van der Waals surface area contributed by atoms with Crippen molar-refractivity contribution in [2.24, 2.45) is 0 Å². The number of hydrogen-bond donors (Lipinski definition) is 3. The van der Waals surface area contributed by atoms with Gasteiger partial charge in [0.1, 0.15) is 5.52 Å². The Labute approximate surface area is 178 Å². The molecule has 0 atom stereocenters. The molecule has 8 heteroatoms. The molecule has 3 N–H and O–H groups in total. The van der Waals surface area contributed by atoms with Crippen LogP contribution in [0.15, 0.2) is 71.8 Å². The molecular formula is C22H20N6OS. The summed E-state index contributed by atoms with van der Waals surface area (Å²) in [5.74, 6) is 0.604. The number of urea groups is 1. The molecule has 30 heavy (non-hydrogen) atoms. The maximum atomic E-state index is 12.4. The van der Waals surface area contributed by atoms with Gasteiger partial charge in [-0.3, -0.25) is 0 Å². The predicted octanol–water partition coefficient (Wildman–Crippen LogP) is 5.44. The lowest BCUT2D eigenvalue weighted by Crippen LogP contribution is -2.20. The third-order valence-corrected chi connectivity index (χ3v) is 5.11. The summed E-state index contributed by atoms with van der Waals surface area (Å²) in [5.41, 5.74) is 3.97. The van der Waals surface area contributed by atoms with Crippen LogP contribution in [-0.4, -0.2) is 27.2 Å². The summed E-state index contributed by atoms with van der Waals surface area (Å²) in [6, 6.07) is 18.8. The number of nitrogens with one attached hydrogen (secondary N) is 3. The zero-order valence-corrected chi connectivity index (χ0v) is 17.3. The Morgan fingerprint density at radius 1 is 0.933 bits per heavy atom. The van der Waals surface area contributed by atoms with Crippen molar-refractivity contribution in [2.75, 3.05) is 22.2 Å². The summed E-state index contributed by atoms with van der Waals surface area (Å²) in [4.78, 5) is 27.0. The monoisotopic (exact) mass is 416 g/mol. The van der Waals surface area contributed by atoms with E-state index in [4.69, 9.17) is 0 Å². The second-order valence-corrected chi connectivity index (χ2v) is 7.40. The van der Waals surface area contributed by atoms with Gasteiger partial charge in [-0.2, -0.15) is 0 Å². The number of pyridine rings is 1. The number of anilines is 4. The molecule has 0 aliphatic carbocycles. The van der Waals surface area contributed by atoms with E-state index in [1.807, 2.05) is 67.8 Å². The first kappa shape index (κ1) is 19.7. The third kappa shape index (κ3) is 4.66. The van der Waals surface area contributed by atoms with E-state index in [9.17, 15) is 4.79 Å². The van der Waals surface area contributed by atoms with Crippen LogP contribution in [0.3, 0.4) is 0 Å². The van der Waals surface area contributed by atoms with Crippen LogP contribution in [0.5, 0.6) is 0 Å². The first-order valence-corrected chi connectivity index (χ1v) is 10.5. The van der Waals surface area contributed by atoms with Crippen molar-refractivity contribution in [2.45, 2.75) is 11.8 Å². The van der Waals surface area contributed by atoms with Gasteiger partial charge in [-0.1, -0.05) is 18.2 Å². The minimum Gasteiger partial charge on any atom is -0.339 e. The van der Waals surface area contributed by atoms with Crippen LogP contribution < -0.4 is 16.0 Å². The Bertz CT molecular complexity index is 1180. The highest BCUT2D eigenvalue weighted by atomic mass is 32.2. The van der Waals surface area contributed by atoms with Crippen molar-refractivity contribution in [1.29, 1.82) is 0 Å². The molecule has 0 saturated heterocycles. The molecule has 0 saturated carbocycles. The minimum atomic E-state index is -0.341. The predicted molar refractivity (Wildman–Crippen MR) is 123 cm³/mol. The molecule has 0 aliphatic heterocycles. The van der Waals surface area contributed by atoms with Crippen LogP contribution in [0.1, 0.15) is 5.69 Å². The number of para-hydroxylation sites is 1. The topological polar surface area (TPSA) is 91.8 Å². The molecule has 2 amide bonds. The number of benzene rings is 2. The summed E-state index contributed by atoms with van der Waals surface area (Å²) in [6.07, 6.45) is 3.65. The second-order valence-electron chi connectivity index (χ2n) is 6.52. The van der Waals surface area contributed by atoms with E-state index in [0.717, 1.165) is 10.6 Å². The lowest BCUT2D eigenvalue weighted by molar-refractivity contribution is 0.262. The van der Waals surface area contributed by atoms with Crippen LogP contribution in [0.2, 0.25) is 0 Å². The molecule has 0 unspecified atom stereocenters. The van der Waals surface area contributed by atoms with Crippen molar-refractivity contribution in [3.8, 4) is 0 Å². The van der Waals surface area contributed by atoms with Gasteiger partial charge in [0.25, 0.3) is 0 Å². The lowest BCUT2D eigenvalue weighted by atomic mass is 10.3. The van der Waals surface area contributed by atoms with E-state index in [2.05, 4.69) is 30.9 Å². The fraction of sp³-hybridized carbons (Fsp3) is 0.0909. The molecular weight excluding hydrogens is 396 g/mol. The van der Waals surface area contributed by atoms with E-state index in [1.165, 1.54) is 0 Å². The van der Waals surface area contributed by atoms with Gasteiger partial charge in [-0.25, -0.2) is 19.7 Å². The van der Waals surface area contributed by atoms with Gasteiger partial charge in [-0.15, -0.1) is 11.8 Å². The molecule has 0 bridgehead atoms. The number of aryl methyl sites for hydroxylation is 1. The molecule has 7 nitrogen and oxygen atoms in total. The highest BCUT2D eigenvalue weighted by molar-refractivity contribution is 7.98. The van der Waals surface area contributed by atoms with Crippen LogP contribution >= 0.6 is 11.8 Å². The number of amides is 2. The van der Waals surface area contributed by atoms with Gasteiger partial charge in [0.15, 0.2) is 11.5 Å². The molecule has 0 fully saturated rings. The summed E-state index contributed by atoms with van der Waals surface area (Å²) >= 11 is 1.65. The standard InChI is InChI=1S/C22H20N6OS/c1-14-18(27-22(29)26-16-8-10-17(30-2)11-9-16)12-19-21(24-14)28-20(13-23-19)25-15-6-4-3-5-7-15/h3-13H,1-2H3,(H,24,25,28)(H2,26,27,29). The smallest absolute Gasteiger partial charge is 0.323 e. The summed E-state index contributed by atoms with van der Waals surface area (Å²) in [7, 11) is 0. The maximum Gasteiger partial charge on any atom is 0.323 e. The first-order valence-electron chi connectivity index (χ1n) is 9.29. The first-order chi connectivity index (χ1) is 14.6. The largest absolute Gasteiger partial charge is 0.339 e. The van der Waals surface area contributed by atoms with Crippen molar-refractivity contribution in [1.82, 2.24) is 15.0 Å². The number of rotatable bonds is 5. The average molecular weight is 417 g/mol. The van der Waals surface area contributed by atoms with Gasteiger partial charge in [0.05, 0.1) is 17.6 Å². The van der Waals surface area contributed by atoms with Crippen LogP contribution in [0.4, 0.5) is 27.7 Å². The number of carbonyl (C=O) groups excluding carboxylic acids is 1. The number of fused-ring (bicyclic) bond motifs is 1. The summed E-state index contributed by atoms with van der Waals surface area (Å²) in [6.45, 7) is 1.82. The number of thioether (sulfide) groups is 1. The number of aromatic nitrogens is 3. The molecule has 4 rings (SSSR count). The van der Waals surface area contributed by atoms with Crippen molar-refractivity contribution < 1.29 is 4.79 Å². The maximum absolute atomic E-state index is 12.4. The quantitative estimate of drug-likeness (QED) is 0.375. The molecule has 0 spiro atoms. The number of hydrogen-bond acceptors (Lipinski definition) is 6. The highest BCUT2D eigenvalue weighted by Gasteiger charge is 2.10. The Morgan fingerprint density at radius 3 is 2.43 bits per heavy atom. The Kier molecular flexibility index (Phi) is 5.76. The van der Waals surface area contributed by atoms with Crippen LogP contribution in [0, 0.1) is 6.92 Å². The summed E-state index contributed by atoms with van der Waals surface area (Å²) in [5, 5.41) is 8.86. The highest BCUT2D eigenvalue weighted by Crippen LogP contribution is 2.22. The Hall–Kier alpha value is -3.65. The van der Waals surface area contributed by atoms with E-state index >= 15 is 0 Å². The Balaban J connectivity index is 1.49. The third-order valence-electron chi connectivity index (χ3n) is 4.37. The van der Waals surface area contributed by atoms with Crippen LogP contribution in [-0.2, 0) is 0 Å². The van der Waals surface area contributed by atoms with Crippen molar-refractivity contribution in [3.63, 3.8) is 0 Å². The fourth-order valence-corrected chi connectivity index (χ4v) is 3.26. The fourth-order valence-electron chi connectivity index (χ4n) is 2.85. The van der Waals surface area contributed by atoms with Gasteiger partial charge in [-0.05, 0) is 55.6 Å². The SMILES string of the molecule is CSc1ccc(NC(=O)Nc2cc3ncc(Nc4ccccc4)nc3nc2C)cc1. The molecule has 2 aromatic carbocycles. The minimum absolute atomic E-state index is 0.341. The van der Waals surface area contributed by atoms with Gasteiger partial charge in [0.2, 0.25) is 0 Å². The zero-order chi connectivity index (χ0) is 20.9.